The third-order valence-corrected chi connectivity index (χ3v) is 7.21. The molecular formula is C30H29F4N5O4. The van der Waals surface area contributed by atoms with Crippen LogP contribution in [-0.4, -0.2) is 72.2 Å². The molecule has 0 unspecified atom stereocenters. The SMILES string of the molecule is Cc1cccnc1N1CCN(c2c(F)cc3c(=O)c(C(=O)O)cn(-c4ccc(CN(C)C)cc4)c3c2OC(F)(F)F)CC1. The molecule has 226 valence electrons. The highest BCUT2D eigenvalue weighted by Gasteiger charge is 2.37. The fraction of sp³-hybridized carbons (Fsp3) is 0.300. The molecule has 3 heterocycles. The van der Waals surface area contributed by atoms with Gasteiger partial charge in [0.2, 0.25) is 5.43 Å². The summed E-state index contributed by atoms with van der Waals surface area (Å²) in [5.41, 5.74) is -0.657. The first-order chi connectivity index (χ1) is 20.3. The Balaban J connectivity index is 1.70. The highest BCUT2D eigenvalue weighted by Crippen LogP contribution is 2.42. The van der Waals surface area contributed by atoms with Crippen molar-refractivity contribution < 1.29 is 32.2 Å². The van der Waals surface area contributed by atoms with Gasteiger partial charge in [0, 0.05) is 50.8 Å². The van der Waals surface area contributed by atoms with Crippen molar-refractivity contribution in [1.82, 2.24) is 14.5 Å². The molecule has 0 aliphatic carbocycles. The molecule has 4 aromatic rings. The van der Waals surface area contributed by atoms with Crippen molar-refractivity contribution in [2.45, 2.75) is 19.8 Å². The number of alkyl halides is 3. The Bertz CT molecular complexity index is 1730. The number of piperazine rings is 1. The van der Waals surface area contributed by atoms with Gasteiger partial charge in [0.05, 0.1) is 5.39 Å². The number of aromatic carboxylic acids is 1. The van der Waals surface area contributed by atoms with Crippen molar-refractivity contribution in [2.24, 2.45) is 0 Å². The van der Waals surface area contributed by atoms with Gasteiger partial charge in [-0.2, -0.15) is 0 Å². The van der Waals surface area contributed by atoms with Crippen LogP contribution in [0.1, 0.15) is 21.5 Å². The summed E-state index contributed by atoms with van der Waals surface area (Å²) in [7, 11) is 3.74. The number of carbonyl (C=O) groups is 1. The van der Waals surface area contributed by atoms with Crippen LogP contribution < -0.4 is 20.0 Å². The molecule has 0 spiro atoms. The van der Waals surface area contributed by atoms with E-state index in [1.807, 2.05) is 36.9 Å². The molecular weight excluding hydrogens is 570 g/mol. The zero-order valence-electron chi connectivity index (χ0n) is 23.7. The molecule has 1 saturated heterocycles. The number of aryl methyl sites for hydroxylation is 1. The number of rotatable bonds is 7. The fourth-order valence-electron chi connectivity index (χ4n) is 5.36. The molecule has 0 amide bonds. The van der Waals surface area contributed by atoms with E-state index in [0.717, 1.165) is 33.8 Å². The first-order valence-electron chi connectivity index (χ1n) is 13.4. The van der Waals surface area contributed by atoms with Crippen LogP contribution in [0, 0.1) is 12.7 Å². The number of nitrogens with zero attached hydrogens (tertiary/aromatic N) is 5. The van der Waals surface area contributed by atoms with Gasteiger partial charge in [0.25, 0.3) is 0 Å². The van der Waals surface area contributed by atoms with Crippen LogP contribution in [-0.2, 0) is 6.54 Å². The molecule has 1 aliphatic rings. The van der Waals surface area contributed by atoms with E-state index in [9.17, 15) is 27.9 Å². The maximum atomic E-state index is 15.8. The molecule has 0 radical (unpaired) electrons. The van der Waals surface area contributed by atoms with Gasteiger partial charge in [-0.15, -0.1) is 13.2 Å². The quantitative estimate of drug-likeness (QED) is 0.303. The number of carboxylic acids is 1. The summed E-state index contributed by atoms with van der Waals surface area (Å²) in [6.07, 6.45) is -2.66. The van der Waals surface area contributed by atoms with Crippen LogP contribution in [0.15, 0.2) is 59.7 Å². The van der Waals surface area contributed by atoms with E-state index < -0.39 is 51.5 Å². The minimum atomic E-state index is -5.25. The lowest BCUT2D eigenvalue weighted by molar-refractivity contribution is -0.274. The Morgan fingerprint density at radius 2 is 1.72 bits per heavy atom. The second-order valence-corrected chi connectivity index (χ2v) is 10.5. The molecule has 2 aromatic carbocycles. The topological polar surface area (TPSA) is 91.1 Å². The number of benzene rings is 2. The molecule has 2 aromatic heterocycles. The Morgan fingerprint density at radius 1 is 1.07 bits per heavy atom. The van der Waals surface area contributed by atoms with E-state index in [2.05, 4.69) is 9.72 Å². The summed E-state index contributed by atoms with van der Waals surface area (Å²) in [6, 6.07) is 11.1. The van der Waals surface area contributed by atoms with E-state index in [1.54, 1.807) is 36.5 Å². The Kier molecular flexibility index (Phi) is 8.02. The van der Waals surface area contributed by atoms with E-state index in [1.165, 1.54) is 4.90 Å². The van der Waals surface area contributed by atoms with Gasteiger partial charge in [-0.1, -0.05) is 18.2 Å². The number of anilines is 2. The van der Waals surface area contributed by atoms with Crippen LogP contribution in [0.5, 0.6) is 5.75 Å². The summed E-state index contributed by atoms with van der Waals surface area (Å²) < 4.78 is 63.2. The Hall–Kier alpha value is -4.65. The average Bonchev–Trinajstić information content (AvgIpc) is 2.93. The number of ether oxygens (including phenoxy) is 1. The fourth-order valence-corrected chi connectivity index (χ4v) is 5.36. The van der Waals surface area contributed by atoms with Gasteiger partial charge < -0.3 is 29.1 Å². The van der Waals surface area contributed by atoms with Crippen LogP contribution in [0.3, 0.4) is 0 Å². The van der Waals surface area contributed by atoms with E-state index in [0.29, 0.717) is 19.6 Å². The molecule has 13 heteroatoms. The number of hydrogen-bond donors (Lipinski definition) is 1. The third-order valence-electron chi connectivity index (χ3n) is 7.21. The zero-order valence-corrected chi connectivity index (χ0v) is 23.7. The Morgan fingerprint density at radius 3 is 2.30 bits per heavy atom. The van der Waals surface area contributed by atoms with Crippen molar-refractivity contribution >= 4 is 28.4 Å². The van der Waals surface area contributed by atoms with E-state index in [4.69, 9.17) is 0 Å². The van der Waals surface area contributed by atoms with Crippen LogP contribution >= 0.6 is 0 Å². The smallest absolute Gasteiger partial charge is 0.477 e. The maximum absolute atomic E-state index is 15.8. The standard InChI is InChI=1S/C30H29F4N5O4/c1-18-5-4-10-35-28(18)38-13-11-37(12-14-38)25-23(31)15-21-24(27(25)43-30(32,33)34)39(17-22(26(21)40)29(41)42)20-8-6-19(7-9-20)16-36(2)3/h4-10,15,17H,11-14,16H2,1-3H3,(H,41,42). The number of halogens is 4. The Labute approximate surface area is 244 Å². The molecule has 1 fully saturated rings. The number of aromatic nitrogens is 2. The second-order valence-electron chi connectivity index (χ2n) is 10.5. The average molecular weight is 600 g/mol. The van der Waals surface area contributed by atoms with E-state index >= 15 is 4.39 Å². The lowest BCUT2D eigenvalue weighted by Gasteiger charge is -2.38. The predicted octanol–water partition coefficient (Wildman–Crippen LogP) is 4.82. The molecule has 5 rings (SSSR count). The lowest BCUT2D eigenvalue weighted by atomic mass is 10.1. The highest BCUT2D eigenvalue weighted by molar-refractivity contribution is 5.98. The molecule has 0 saturated carbocycles. The second kappa shape index (κ2) is 11.6. The van der Waals surface area contributed by atoms with Crippen LogP contribution in [0.25, 0.3) is 16.6 Å². The van der Waals surface area contributed by atoms with Crippen molar-refractivity contribution in [3.8, 4) is 11.4 Å². The van der Waals surface area contributed by atoms with E-state index in [-0.39, 0.29) is 18.8 Å². The molecule has 1 aliphatic heterocycles. The minimum absolute atomic E-state index is 0.128. The first kappa shape index (κ1) is 29.8. The van der Waals surface area contributed by atoms with Crippen molar-refractivity contribution in [3.05, 3.63) is 87.6 Å². The van der Waals surface area contributed by atoms with Crippen molar-refractivity contribution in [1.29, 1.82) is 0 Å². The van der Waals surface area contributed by atoms with Crippen molar-refractivity contribution in [3.63, 3.8) is 0 Å². The monoisotopic (exact) mass is 599 g/mol. The van der Waals surface area contributed by atoms with Crippen LogP contribution in [0.2, 0.25) is 0 Å². The summed E-state index contributed by atoms with van der Waals surface area (Å²) in [4.78, 5) is 34.9. The summed E-state index contributed by atoms with van der Waals surface area (Å²) >= 11 is 0. The number of hydrogen-bond acceptors (Lipinski definition) is 7. The van der Waals surface area contributed by atoms with Gasteiger partial charge in [-0.05, 0) is 56.4 Å². The molecule has 0 bridgehead atoms. The number of pyridine rings is 2. The third kappa shape index (κ3) is 6.12. The van der Waals surface area contributed by atoms with Crippen molar-refractivity contribution in [2.75, 3.05) is 50.1 Å². The van der Waals surface area contributed by atoms with Gasteiger partial charge in [-0.25, -0.2) is 14.2 Å². The summed E-state index contributed by atoms with van der Waals surface area (Å²) in [5.74, 6) is -2.94. The largest absolute Gasteiger partial charge is 0.573 e. The van der Waals surface area contributed by atoms with Gasteiger partial charge in [-0.3, -0.25) is 4.79 Å². The zero-order chi connectivity index (χ0) is 31.1. The molecule has 43 heavy (non-hydrogen) atoms. The first-order valence-corrected chi connectivity index (χ1v) is 13.4. The predicted molar refractivity (Wildman–Crippen MR) is 154 cm³/mol. The summed E-state index contributed by atoms with van der Waals surface area (Å²) in [6.45, 7) is 3.39. The minimum Gasteiger partial charge on any atom is -0.477 e. The normalized spacial score (nSPS) is 14.0. The van der Waals surface area contributed by atoms with Gasteiger partial charge in [0.1, 0.15) is 22.6 Å². The number of carboxylic acid groups (broad SMARTS) is 1. The molecule has 0 atom stereocenters. The summed E-state index contributed by atoms with van der Waals surface area (Å²) in [5, 5.41) is 9.16. The van der Waals surface area contributed by atoms with Gasteiger partial charge in [0.15, 0.2) is 11.6 Å². The van der Waals surface area contributed by atoms with Gasteiger partial charge >= 0.3 is 12.3 Å². The molecule has 1 N–H and O–H groups in total. The number of fused-ring (bicyclic) bond motifs is 1. The lowest BCUT2D eigenvalue weighted by Crippen LogP contribution is -2.47. The molecule has 9 nitrogen and oxygen atoms in total. The highest BCUT2D eigenvalue weighted by atomic mass is 19.4. The maximum Gasteiger partial charge on any atom is 0.573 e. The van der Waals surface area contributed by atoms with Crippen LogP contribution in [0.4, 0.5) is 29.1 Å².